The Kier molecular flexibility index (Phi) is 4.12. The molecule has 0 aromatic heterocycles. The van der Waals surface area contributed by atoms with Gasteiger partial charge in [-0.15, -0.1) is 0 Å². The quantitative estimate of drug-likeness (QED) is 0.634. The lowest BCUT2D eigenvalue weighted by Crippen LogP contribution is -2.30. The first-order chi connectivity index (χ1) is 11.5. The van der Waals surface area contributed by atoms with Crippen LogP contribution in [0, 0.1) is 16.0 Å². The molecule has 0 amide bonds. The lowest BCUT2D eigenvalue weighted by molar-refractivity contribution is -0.385. The highest BCUT2D eigenvalue weighted by Crippen LogP contribution is 2.42. The van der Waals surface area contributed by atoms with E-state index in [9.17, 15) is 14.9 Å². The summed E-state index contributed by atoms with van der Waals surface area (Å²) in [5.41, 5.74) is 1.95. The fourth-order valence-corrected chi connectivity index (χ4v) is 3.19. The van der Waals surface area contributed by atoms with E-state index in [1.807, 2.05) is 30.3 Å². The molecule has 0 aliphatic carbocycles. The molecule has 0 unspecified atom stereocenters. The first kappa shape index (κ1) is 15.9. The summed E-state index contributed by atoms with van der Waals surface area (Å²) in [5.74, 6) is -0.566. The Balaban J connectivity index is 2.17. The van der Waals surface area contributed by atoms with Crippen molar-refractivity contribution in [3.8, 4) is 0 Å². The molecule has 1 aliphatic heterocycles. The van der Waals surface area contributed by atoms with E-state index in [2.05, 4.69) is 5.10 Å². The fourth-order valence-electron chi connectivity index (χ4n) is 3.19. The number of hydrogen-bond acceptors (Lipinski definition) is 5. The molecule has 2 aromatic rings. The van der Waals surface area contributed by atoms with Crippen molar-refractivity contribution in [2.75, 3.05) is 5.01 Å². The van der Waals surface area contributed by atoms with E-state index < -0.39 is 16.9 Å². The monoisotopic (exact) mass is 323 g/mol. The predicted octanol–water partition coefficient (Wildman–Crippen LogP) is 3.74. The highest BCUT2D eigenvalue weighted by molar-refractivity contribution is 6.06. The average Bonchev–Trinajstić information content (AvgIpc) is 2.93. The van der Waals surface area contributed by atoms with Gasteiger partial charge in [0.1, 0.15) is 5.78 Å². The van der Waals surface area contributed by atoms with Crippen LogP contribution in [0.4, 0.5) is 11.4 Å². The van der Waals surface area contributed by atoms with Gasteiger partial charge >= 0.3 is 0 Å². The van der Waals surface area contributed by atoms with E-state index >= 15 is 0 Å². The topological polar surface area (TPSA) is 75.8 Å². The van der Waals surface area contributed by atoms with E-state index in [-0.39, 0.29) is 11.5 Å². The van der Waals surface area contributed by atoms with Crippen molar-refractivity contribution in [1.29, 1.82) is 0 Å². The van der Waals surface area contributed by atoms with Crippen molar-refractivity contribution >= 4 is 22.9 Å². The number of hydrogen-bond donors (Lipinski definition) is 0. The highest BCUT2D eigenvalue weighted by atomic mass is 16.6. The molecule has 0 spiro atoms. The van der Waals surface area contributed by atoms with Crippen LogP contribution in [0.3, 0.4) is 0 Å². The van der Waals surface area contributed by atoms with Gasteiger partial charge in [0.25, 0.3) is 5.69 Å². The molecule has 6 nitrogen and oxygen atoms in total. The molecular formula is C18H17N3O3. The zero-order valence-electron chi connectivity index (χ0n) is 13.4. The van der Waals surface area contributed by atoms with Gasteiger partial charge in [0.05, 0.1) is 28.1 Å². The molecule has 24 heavy (non-hydrogen) atoms. The summed E-state index contributed by atoms with van der Waals surface area (Å²) in [5, 5.41) is 17.7. The second-order valence-corrected chi connectivity index (χ2v) is 5.77. The summed E-state index contributed by atoms with van der Waals surface area (Å²) in [6, 6.07) is 15.4. The summed E-state index contributed by atoms with van der Waals surface area (Å²) in [4.78, 5) is 23.3. The molecule has 122 valence electrons. The smallest absolute Gasteiger partial charge is 0.274 e. The van der Waals surface area contributed by atoms with Crippen molar-refractivity contribution in [1.82, 2.24) is 0 Å². The zero-order valence-corrected chi connectivity index (χ0v) is 13.4. The largest absolute Gasteiger partial charge is 0.299 e. The lowest BCUT2D eigenvalue weighted by atomic mass is 9.86. The maximum Gasteiger partial charge on any atom is 0.274 e. The van der Waals surface area contributed by atoms with Gasteiger partial charge in [-0.1, -0.05) is 30.3 Å². The van der Waals surface area contributed by atoms with Crippen molar-refractivity contribution < 1.29 is 9.72 Å². The van der Waals surface area contributed by atoms with Crippen LogP contribution in [0.5, 0.6) is 0 Å². The van der Waals surface area contributed by atoms with Crippen molar-refractivity contribution in [2.24, 2.45) is 11.0 Å². The standard InChI is InChI=1S/C18H17N3O3/c1-12-17(13(2)22)18(15-10-6-7-11-16(15)21(23)24)20(19-12)14-8-4-3-5-9-14/h3-11,17-18H,1-2H3/t17-,18-/m0/s1. The lowest BCUT2D eigenvalue weighted by Gasteiger charge is -2.27. The van der Waals surface area contributed by atoms with Crippen molar-refractivity contribution in [3.63, 3.8) is 0 Å². The van der Waals surface area contributed by atoms with Gasteiger partial charge in [-0.05, 0) is 32.0 Å². The van der Waals surface area contributed by atoms with E-state index in [0.29, 0.717) is 11.3 Å². The molecule has 0 bridgehead atoms. The SMILES string of the molecule is CC(=O)[C@@H]1C(C)=NN(c2ccccc2)[C@H]1c1ccccc1[N+](=O)[O-]. The van der Waals surface area contributed by atoms with Crippen LogP contribution in [-0.2, 0) is 4.79 Å². The Bertz CT molecular complexity index is 817. The molecule has 0 fully saturated rings. The summed E-state index contributed by atoms with van der Waals surface area (Å²) in [7, 11) is 0. The number of nitro benzene ring substituents is 1. The Morgan fingerprint density at radius 1 is 1.12 bits per heavy atom. The first-order valence-electron chi connectivity index (χ1n) is 7.64. The Morgan fingerprint density at radius 2 is 1.75 bits per heavy atom. The highest BCUT2D eigenvalue weighted by Gasteiger charge is 2.42. The second kappa shape index (κ2) is 6.23. The number of benzene rings is 2. The van der Waals surface area contributed by atoms with Crippen molar-refractivity contribution in [2.45, 2.75) is 19.9 Å². The molecule has 1 heterocycles. The first-order valence-corrected chi connectivity index (χ1v) is 7.64. The third-order valence-corrected chi connectivity index (χ3v) is 4.21. The molecule has 6 heteroatoms. The average molecular weight is 323 g/mol. The van der Waals surface area contributed by atoms with Gasteiger partial charge in [0.2, 0.25) is 0 Å². The molecule has 1 aliphatic rings. The third kappa shape index (κ3) is 2.67. The maximum absolute atomic E-state index is 12.2. The van der Waals surface area contributed by atoms with E-state index in [1.165, 1.54) is 13.0 Å². The molecule has 2 aromatic carbocycles. The fraction of sp³-hybridized carbons (Fsp3) is 0.222. The van der Waals surface area contributed by atoms with E-state index in [0.717, 1.165) is 5.69 Å². The molecule has 0 saturated carbocycles. The normalized spacial score (nSPS) is 19.9. The van der Waals surface area contributed by atoms with Crippen LogP contribution in [0.2, 0.25) is 0 Å². The third-order valence-electron chi connectivity index (χ3n) is 4.21. The Morgan fingerprint density at radius 3 is 2.38 bits per heavy atom. The van der Waals surface area contributed by atoms with E-state index in [4.69, 9.17) is 0 Å². The maximum atomic E-state index is 12.2. The minimum atomic E-state index is -0.522. The van der Waals surface area contributed by atoms with Crippen LogP contribution in [0.25, 0.3) is 0 Å². The number of anilines is 1. The number of nitro groups is 1. The van der Waals surface area contributed by atoms with Crippen LogP contribution >= 0.6 is 0 Å². The number of nitrogens with zero attached hydrogens (tertiary/aromatic N) is 3. The van der Waals surface area contributed by atoms with Crippen LogP contribution in [0.15, 0.2) is 59.7 Å². The molecule has 0 saturated heterocycles. The molecular weight excluding hydrogens is 306 g/mol. The van der Waals surface area contributed by atoms with Gasteiger partial charge in [-0.2, -0.15) is 5.10 Å². The summed E-state index contributed by atoms with van der Waals surface area (Å²) in [6.07, 6.45) is 0. The summed E-state index contributed by atoms with van der Waals surface area (Å²) < 4.78 is 0. The van der Waals surface area contributed by atoms with Gasteiger partial charge in [-0.25, -0.2) is 0 Å². The minimum absolute atomic E-state index is 0.000388. The predicted molar refractivity (Wildman–Crippen MR) is 92.0 cm³/mol. The molecule has 0 radical (unpaired) electrons. The van der Waals surface area contributed by atoms with Crippen LogP contribution < -0.4 is 5.01 Å². The summed E-state index contributed by atoms with van der Waals surface area (Å²) >= 11 is 0. The van der Waals surface area contributed by atoms with Crippen LogP contribution in [-0.4, -0.2) is 16.4 Å². The van der Waals surface area contributed by atoms with Crippen LogP contribution in [0.1, 0.15) is 25.5 Å². The van der Waals surface area contributed by atoms with Gasteiger partial charge < -0.3 is 0 Å². The number of Topliss-reactive ketones (excluding diaryl/α,β-unsaturated/α-hetero) is 1. The van der Waals surface area contributed by atoms with Gasteiger partial charge in [0, 0.05) is 11.8 Å². The number of para-hydroxylation sites is 2. The number of ketones is 1. The van der Waals surface area contributed by atoms with E-state index in [1.54, 1.807) is 30.1 Å². The number of carbonyl (C=O) groups excluding carboxylic acids is 1. The van der Waals surface area contributed by atoms with Crippen molar-refractivity contribution in [3.05, 3.63) is 70.3 Å². The Hall–Kier alpha value is -3.02. The summed E-state index contributed by atoms with van der Waals surface area (Å²) in [6.45, 7) is 3.29. The molecule has 0 N–H and O–H groups in total. The minimum Gasteiger partial charge on any atom is -0.299 e. The second-order valence-electron chi connectivity index (χ2n) is 5.77. The number of carbonyl (C=O) groups is 1. The Labute approximate surface area is 139 Å². The van der Waals surface area contributed by atoms with Gasteiger partial charge in [0.15, 0.2) is 0 Å². The van der Waals surface area contributed by atoms with Gasteiger partial charge in [-0.3, -0.25) is 19.9 Å². The number of rotatable bonds is 4. The number of hydrazone groups is 1. The zero-order chi connectivity index (χ0) is 17.3. The molecule has 2 atom stereocenters. The molecule has 3 rings (SSSR count).